The summed E-state index contributed by atoms with van der Waals surface area (Å²) in [4.78, 5) is 4.26. The first kappa shape index (κ1) is 10.5. The number of fused-ring (bicyclic) bond motifs is 1. The van der Waals surface area contributed by atoms with Gasteiger partial charge in [-0.15, -0.1) is 0 Å². The molecule has 0 unspecified atom stereocenters. The number of benzene rings is 1. The molecule has 80 valence electrons. The van der Waals surface area contributed by atoms with E-state index in [-0.39, 0.29) is 5.41 Å². The van der Waals surface area contributed by atoms with Gasteiger partial charge in [0, 0.05) is 7.05 Å². The molecule has 2 rings (SSSR count). The number of hydrogen-bond acceptors (Lipinski definition) is 1. The predicted molar refractivity (Wildman–Crippen MR) is 64.4 cm³/mol. The van der Waals surface area contributed by atoms with Gasteiger partial charge in [0.25, 0.3) is 0 Å². The van der Waals surface area contributed by atoms with Gasteiger partial charge in [0.05, 0.1) is 11.0 Å². The van der Waals surface area contributed by atoms with Crippen molar-refractivity contribution in [1.82, 2.24) is 9.55 Å². The predicted octanol–water partition coefficient (Wildman–Crippen LogP) is 3.52. The van der Waals surface area contributed by atoms with E-state index >= 15 is 0 Å². The molecule has 1 aromatic carbocycles. The molecule has 0 saturated carbocycles. The van der Waals surface area contributed by atoms with E-state index in [0.29, 0.717) is 5.28 Å². The molecule has 0 atom stereocenters. The van der Waals surface area contributed by atoms with E-state index in [4.69, 9.17) is 11.6 Å². The van der Waals surface area contributed by atoms with E-state index in [1.165, 1.54) is 5.56 Å². The third-order valence-corrected chi connectivity index (χ3v) is 3.03. The molecule has 0 bridgehead atoms. The molecular weight excluding hydrogens is 208 g/mol. The standard InChI is InChI=1S/C12H15ClN2/c1-12(2,3)8-5-6-9-10(7-8)15(4)11(13)14-9/h5-7H,1-4H3. The summed E-state index contributed by atoms with van der Waals surface area (Å²) < 4.78 is 1.91. The van der Waals surface area contributed by atoms with E-state index in [9.17, 15) is 0 Å². The third-order valence-electron chi connectivity index (χ3n) is 2.69. The van der Waals surface area contributed by atoms with Gasteiger partial charge in [-0.05, 0) is 34.7 Å². The fraction of sp³-hybridized carbons (Fsp3) is 0.417. The normalized spacial score (nSPS) is 12.3. The zero-order valence-corrected chi connectivity index (χ0v) is 10.3. The molecule has 2 nitrogen and oxygen atoms in total. The van der Waals surface area contributed by atoms with Gasteiger partial charge < -0.3 is 4.57 Å². The SMILES string of the molecule is Cn1c(Cl)nc2ccc(C(C)(C)C)cc21. The third kappa shape index (κ3) is 1.74. The molecule has 1 aromatic heterocycles. The van der Waals surface area contributed by atoms with Gasteiger partial charge in [0.1, 0.15) is 0 Å². The van der Waals surface area contributed by atoms with Crippen LogP contribution in [-0.2, 0) is 12.5 Å². The molecular formula is C12H15ClN2. The largest absolute Gasteiger partial charge is 0.318 e. The highest BCUT2D eigenvalue weighted by atomic mass is 35.5. The van der Waals surface area contributed by atoms with E-state index in [0.717, 1.165) is 11.0 Å². The smallest absolute Gasteiger partial charge is 0.203 e. The lowest BCUT2D eigenvalue weighted by molar-refractivity contribution is 0.591. The van der Waals surface area contributed by atoms with Crippen LogP contribution in [-0.4, -0.2) is 9.55 Å². The minimum Gasteiger partial charge on any atom is -0.318 e. The Balaban J connectivity index is 2.70. The maximum Gasteiger partial charge on any atom is 0.203 e. The van der Waals surface area contributed by atoms with Crippen LogP contribution in [0.4, 0.5) is 0 Å². The number of halogens is 1. The molecule has 0 aliphatic rings. The van der Waals surface area contributed by atoms with Crippen LogP contribution in [0.15, 0.2) is 18.2 Å². The first-order valence-corrected chi connectivity index (χ1v) is 5.40. The van der Waals surface area contributed by atoms with Crippen molar-refractivity contribution in [3.8, 4) is 0 Å². The molecule has 2 aromatic rings. The van der Waals surface area contributed by atoms with Crippen LogP contribution in [0.25, 0.3) is 11.0 Å². The molecule has 0 saturated heterocycles. The monoisotopic (exact) mass is 222 g/mol. The van der Waals surface area contributed by atoms with Crippen molar-refractivity contribution in [2.45, 2.75) is 26.2 Å². The second-order valence-electron chi connectivity index (χ2n) is 4.89. The number of imidazole rings is 1. The lowest BCUT2D eigenvalue weighted by Crippen LogP contribution is -2.10. The Morgan fingerprint density at radius 2 is 1.93 bits per heavy atom. The van der Waals surface area contributed by atoms with Gasteiger partial charge in [-0.1, -0.05) is 26.8 Å². The molecule has 1 heterocycles. The lowest BCUT2D eigenvalue weighted by atomic mass is 9.87. The number of rotatable bonds is 0. The Morgan fingerprint density at radius 3 is 2.53 bits per heavy atom. The van der Waals surface area contributed by atoms with Crippen LogP contribution in [0.2, 0.25) is 5.28 Å². The molecule has 0 spiro atoms. The minimum absolute atomic E-state index is 0.158. The average Bonchev–Trinajstić information content (AvgIpc) is 2.41. The van der Waals surface area contributed by atoms with Crippen LogP contribution in [0, 0.1) is 0 Å². The van der Waals surface area contributed by atoms with Gasteiger partial charge in [0.2, 0.25) is 5.28 Å². The average molecular weight is 223 g/mol. The van der Waals surface area contributed by atoms with Gasteiger partial charge in [-0.25, -0.2) is 4.98 Å². The highest BCUT2D eigenvalue weighted by molar-refractivity contribution is 6.29. The van der Waals surface area contributed by atoms with Gasteiger partial charge in [-0.3, -0.25) is 0 Å². The molecule has 0 radical (unpaired) electrons. The number of hydrogen-bond donors (Lipinski definition) is 0. The summed E-state index contributed by atoms with van der Waals surface area (Å²) in [6.45, 7) is 6.60. The first-order valence-electron chi connectivity index (χ1n) is 5.02. The van der Waals surface area contributed by atoms with Crippen molar-refractivity contribution in [3.63, 3.8) is 0 Å². The highest BCUT2D eigenvalue weighted by Crippen LogP contribution is 2.26. The summed E-state index contributed by atoms with van der Waals surface area (Å²) in [5.41, 5.74) is 3.50. The molecule has 3 heteroatoms. The van der Waals surface area contributed by atoms with Crippen LogP contribution in [0.5, 0.6) is 0 Å². The number of aryl methyl sites for hydroxylation is 1. The fourth-order valence-corrected chi connectivity index (χ4v) is 1.81. The summed E-state index contributed by atoms with van der Waals surface area (Å²) in [5, 5.41) is 0.538. The first-order chi connectivity index (χ1) is 6.89. The van der Waals surface area contributed by atoms with Crippen molar-refractivity contribution < 1.29 is 0 Å². The Labute approximate surface area is 94.9 Å². The molecule has 0 fully saturated rings. The second kappa shape index (κ2) is 3.24. The molecule has 0 aliphatic carbocycles. The van der Waals surface area contributed by atoms with Crippen molar-refractivity contribution in [1.29, 1.82) is 0 Å². The fourth-order valence-electron chi connectivity index (χ4n) is 1.63. The molecule has 15 heavy (non-hydrogen) atoms. The minimum atomic E-state index is 0.158. The van der Waals surface area contributed by atoms with Gasteiger partial charge in [0.15, 0.2) is 0 Å². The lowest BCUT2D eigenvalue weighted by Gasteiger charge is -2.18. The Bertz CT molecular complexity index is 506. The van der Waals surface area contributed by atoms with E-state index in [1.54, 1.807) is 0 Å². The number of aromatic nitrogens is 2. The maximum absolute atomic E-state index is 5.97. The van der Waals surface area contributed by atoms with Crippen LogP contribution in [0.1, 0.15) is 26.3 Å². The van der Waals surface area contributed by atoms with E-state index in [1.807, 2.05) is 17.7 Å². The second-order valence-corrected chi connectivity index (χ2v) is 5.23. The van der Waals surface area contributed by atoms with Crippen molar-refractivity contribution in [2.24, 2.45) is 7.05 Å². The van der Waals surface area contributed by atoms with Gasteiger partial charge >= 0.3 is 0 Å². The Hall–Kier alpha value is -1.02. The van der Waals surface area contributed by atoms with Crippen LogP contribution >= 0.6 is 11.6 Å². The zero-order chi connectivity index (χ0) is 11.2. The Morgan fingerprint density at radius 1 is 1.27 bits per heavy atom. The Kier molecular flexibility index (Phi) is 2.27. The summed E-state index contributed by atoms with van der Waals surface area (Å²) in [6, 6.07) is 6.31. The summed E-state index contributed by atoms with van der Waals surface area (Å²) in [5.74, 6) is 0. The summed E-state index contributed by atoms with van der Waals surface area (Å²) >= 11 is 5.97. The highest BCUT2D eigenvalue weighted by Gasteiger charge is 2.15. The maximum atomic E-state index is 5.97. The van der Waals surface area contributed by atoms with Gasteiger partial charge in [-0.2, -0.15) is 0 Å². The quantitative estimate of drug-likeness (QED) is 0.667. The summed E-state index contributed by atoms with van der Waals surface area (Å²) in [7, 11) is 1.93. The molecule has 0 amide bonds. The van der Waals surface area contributed by atoms with E-state index in [2.05, 4.69) is 37.9 Å². The molecule has 0 aliphatic heterocycles. The van der Waals surface area contributed by atoms with E-state index < -0.39 is 0 Å². The molecule has 0 N–H and O–H groups in total. The number of nitrogens with zero attached hydrogens (tertiary/aromatic N) is 2. The van der Waals surface area contributed by atoms with Crippen molar-refractivity contribution in [3.05, 3.63) is 29.0 Å². The zero-order valence-electron chi connectivity index (χ0n) is 9.50. The summed E-state index contributed by atoms with van der Waals surface area (Å²) in [6.07, 6.45) is 0. The van der Waals surface area contributed by atoms with Crippen LogP contribution in [0.3, 0.4) is 0 Å². The topological polar surface area (TPSA) is 17.8 Å². The van der Waals surface area contributed by atoms with Crippen molar-refractivity contribution in [2.75, 3.05) is 0 Å². The van der Waals surface area contributed by atoms with Crippen LogP contribution < -0.4 is 0 Å². The van der Waals surface area contributed by atoms with Crippen molar-refractivity contribution >= 4 is 22.6 Å².